The first kappa shape index (κ1) is 14.7. The van der Waals surface area contributed by atoms with Gasteiger partial charge in [0.1, 0.15) is 0 Å². The second-order valence-corrected chi connectivity index (χ2v) is 3.82. The van der Waals surface area contributed by atoms with Gasteiger partial charge in [0.2, 0.25) is 0 Å². The van der Waals surface area contributed by atoms with E-state index in [0.29, 0.717) is 0 Å². The average Bonchev–Trinajstić information content (AvgIpc) is 1.85. The zero-order chi connectivity index (χ0) is 11.1. The monoisotopic (exact) mass is 187 g/mol. The van der Waals surface area contributed by atoms with Gasteiger partial charge < -0.3 is 10.8 Å². The minimum atomic E-state index is -0.935. The highest BCUT2D eigenvalue weighted by molar-refractivity contribution is 5.84. The van der Waals surface area contributed by atoms with E-state index in [1.165, 1.54) is 13.3 Å². The second kappa shape index (κ2) is 6.66. The molecule has 0 aliphatic heterocycles. The highest BCUT2D eigenvalue weighted by Gasteiger charge is 2.06. The van der Waals surface area contributed by atoms with Gasteiger partial charge in [-0.1, -0.05) is 19.9 Å². The zero-order valence-corrected chi connectivity index (χ0v) is 9.05. The van der Waals surface area contributed by atoms with Crippen LogP contribution in [0.2, 0.25) is 0 Å². The molecule has 0 bridgehead atoms. The lowest BCUT2D eigenvalue weighted by molar-refractivity contribution is -0.132. The zero-order valence-electron chi connectivity index (χ0n) is 9.05. The van der Waals surface area contributed by atoms with E-state index in [9.17, 15) is 4.79 Å². The molecule has 0 spiro atoms. The molecule has 0 radical (unpaired) electrons. The van der Waals surface area contributed by atoms with Crippen LogP contribution in [0.4, 0.5) is 0 Å². The van der Waals surface area contributed by atoms with Crippen LogP contribution in [0.25, 0.3) is 0 Å². The third kappa shape index (κ3) is 18.3. The molecule has 78 valence electrons. The van der Waals surface area contributed by atoms with Crippen LogP contribution in [0.15, 0.2) is 12.2 Å². The predicted octanol–water partition coefficient (Wildman–Crippen LogP) is 2.17. The van der Waals surface area contributed by atoms with Gasteiger partial charge in [0.05, 0.1) is 0 Å². The number of carboxylic acid groups (broad SMARTS) is 1. The van der Waals surface area contributed by atoms with E-state index in [1.807, 2.05) is 0 Å². The second-order valence-electron chi connectivity index (χ2n) is 3.82. The van der Waals surface area contributed by atoms with Crippen molar-refractivity contribution in [3.63, 3.8) is 0 Å². The van der Waals surface area contributed by atoms with Crippen molar-refractivity contribution in [3.8, 4) is 0 Å². The number of carboxylic acids is 1. The summed E-state index contributed by atoms with van der Waals surface area (Å²) in [4.78, 5) is 9.60. The molecule has 0 saturated carbocycles. The molecule has 0 rings (SSSR count). The highest BCUT2D eigenvalue weighted by Crippen LogP contribution is 2.04. The van der Waals surface area contributed by atoms with Crippen LogP contribution in [0, 0.1) is 0 Å². The normalized spacial score (nSPS) is 9.92. The first-order valence-corrected chi connectivity index (χ1v) is 4.38. The summed E-state index contributed by atoms with van der Waals surface area (Å²) in [5.74, 6) is -0.935. The maximum absolute atomic E-state index is 9.60. The minimum absolute atomic E-state index is 0.0503. The third-order valence-electron chi connectivity index (χ3n) is 1.26. The van der Waals surface area contributed by atoms with E-state index in [1.54, 1.807) is 0 Å². The summed E-state index contributed by atoms with van der Waals surface area (Å²) in [5.41, 5.74) is 5.87. The quantitative estimate of drug-likeness (QED) is 0.665. The largest absolute Gasteiger partial charge is 0.478 e. The van der Waals surface area contributed by atoms with Crippen LogP contribution in [0.3, 0.4) is 0 Å². The van der Waals surface area contributed by atoms with Crippen molar-refractivity contribution < 1.29 is 9.90 Å². The number of hydrogen-bond donors (Lipinski definition) is 2. The Hall–Kier alpha value is -0.830. The Morgan fingerprint density at radius 3 is 1.85 bits per heavy atom. The molecule has 0 aromatic rings. The van der Waals surface area contributed by atoms with Crippen molar-refractivity contribution >= 4 is 5.97 Å². The van der Waals surface area contributed by atoms with Crippen molar-refractivity contribution in [1.29, 1.82) is 0 Å². The van der Waals surface area contributed by atoms with Crippen molar-refractivity contribution in [2.24, 2.45) is 5.73 Å². The van der Waals surface area contributed by atoms with Crippen LogP contribution in [-0.4, -0.2) is 16.6 Å². The number of rotatable bonds is 3. The fourth-order valence-electron chi connectivity index (χ4n) is 0.644. The topological polar surface area (TPSA) is 63.3 Å². The van der Waals surface area contributed by atoms with Gasteiger partial charge in [0.15, 0.2) is 0 Å². The molecule has 0 amide bonds. The molecule has 13 heavy (non-hydrogen) atoms. The third-order valence-corrected chi connectivity index (χ3v) is 1.26. The van der Waals surface area contributed by atoms with Crippen LogP contribution in [0.5, 0.6) is 0 Å². The van der Waals surface area contributed by atoms with Gasteiger partial charge >= 0.3 is 5.97 Å². The van der Waals surface area contributed by atoms with Crippen molar-refractivity contribution in [2.45, 2.75) is 46.1 Å². The summed E-state index contributed by atoms with van der Waals surface area (Å²) >= 11 is 0. The fourth-order valence-corrected chi connectivity index (χ4v) is 0.644. The van der Waals surface area contributed by atoms with Gasteiger partial charge in [0, 0.05) is 11.1 Å². The van der Waals surface area contributed by atoms with Gasteiger partial charge in [-0.25, -0.2) is 4.79 Å². The SMILES string of the molecule is C=C(C)C(=O)O.CCCC(C)(C)N. The lowest BCUT2D eigenvalue weighted by atomic mass is 10.0. The van der Waals surface area contributed by atoms with Crippen LogP contribution < -0.4 is 5.73 Å². The van der Waals surface area contributed by atoms with E-state index < -0.39 is 5.97 Å². The van der Waals surface area contributed by atoms with Crippen LogP contribution in [-0.2, 0) is 4.79 Å². The summed E-state index contributed by atoms with van der Waals surface area (Å²) < 4.78 is 0. The molecule has 3 N–H and O–H groups in total. The standard InChI is InChI=1S/C6H15N.C4H6O2/c1-4-5-6(2,3)7;1-3(2)4(5)6/h4-5,7H2,1-3H3;1H2,2H3,(H,5,6). The van der Waals surface area contributed by atoms with Crippen LogP contribution >= 0.6 is 0 Å². The molecular formula is C10H21NO2. The molecule has 0 aromatic heterocycles. The van der Waals surface area contributed by atoms with E-state index in [0.717, 1.165) is 6.42 Å². The van der Waals surface area contributed by atoms with E-state index in [-0.39, 0.29) is 11.1 Å². The Balaban J connectivity index is 0. The van der Waals surface area contributed by atoms with Gasteiger partial charge in [0.25, 0.3) is 0 Å². The molecule has 0 saturated heterocycles. The number of aliphatic carboxylic acids is 1. The molecule has 0 atom stereocenters. The molecule has 3 heteroatoms. The maximum atomic E-state index is 9.60. The molecule has 0 fully saturated rings. The summed E-state index contributed by atoms with van der Waals surface area (Å²) in [6.07, 6.45) is 2.30. The summed E-state index contributed by atoms with van der Waals surface area (Å²) in [6, 6.07) is 0. The number of hydrogen-bond acceptors (Lipinski definition) is 2. The molecule has 0 heterocycles. The minimum Gasteiger partial charge on any atom is -0.478 e. The Morgan fingerprint density at radius 2 is 1.85 bits per heavy atom. The highest BCUT2D eigenvalue weighted by atomic mass is 16.4. The molecular weight excluding hydrogens is 166 g/mol. The molecule has 0 aromatic carbocycles. The van der Waals surface area contributed by atoms with E-state index in [2.05, 4.69) is 27.4 Å². The summed E-state index contributed by atoms with van der Waals surface area (Å²) in [7, 11) is 0. The number of nitrogens with two attached hydrogens (primary N) is 1. The smallest absolute Gasteiger partial charge is 0.330 e. The van der Waals surface area contributed by atoms with Gasteiger partial charge in [-0.15, -0.1) is 0 Å². The lowest BCUT2D eigenvalue weighted by Gasteiger charge is -2.15. The lowest BCUT2D eigenvalue weighted by Crippen LogP contribution is -2.31. The molecule has 3 nitrogen and oxygen atoms in total. The fraction of sp³-hybridized carbons (Fsp3) is 0.700. The summed E-state index contributed by atoms with van der Waals surface area (Å²) in [5, 5.41) is 7.89. The summed E-state index contributed by atoms with van der Waals surface area (Å²) in [6.45, 7) is 10.9. The molecule has 0 aliphatic carbocycles. The van der Waals surface area contributed by atoms with E-state index >= 15 is 0 Å². The Kier molecular flexibility index (Phi) is 7.52. The van der Waals surface area contributed by atoms with Crippen molar-refractivity contribution in [3.05, 3.63) is 12.2 Å². The van der Waals surface area contributed by atoms with Crippen LogP contribution in [0.1, 0.15) is 40.5 Å². The Morgan fingerprint density at radius 1 is 1.54 bits per heavy atom. The Labute approximate surface area is 80.6 Å². The molecule has 0 aliphatic rings. The average molecular weight is 187 g/mol. The van der Waals surface area contributed by atoms with Crippen molar-refractivity contribution in [2.75, 3.05) is 0 Å². The van der Waals surface area contributed by atoms with Gasteiger partial charge in [-0.05, 0) is 27.2 Å². The first-order valence-electron chi connectivity index (χ1n) is 4.38. The number of carbonyl (C=O) groups is 1. The van der Waals surface area contributed by atoms with Gasteiger partial charge in [-0.3, -0.25) is 0 Å². The van der Waals surface area contributed by atoms with Gasteiger partial charge in [-0.2, -0.15) is 0 Å². The maximum Gasteiger partial charge on any atom is 0.330 e. The first-order chi connectivity index (χ1) is 5.70. The predicted molar refractivity (Wildman–Crippen MR) is 55.6 cm³/mol. The van der Waals surface area contributed by atoms with Crippen molar-refractivity contribution in [1.82, 2.24) is 0 Å². The molecule has 0 unspecified atom stereocenters. The van der Waals surface area contributed by atoms with E-state index in [4.69, 9.17) is 10.8 Å². The Bertz CT molecular complexity index is 156.